The summed E-state index contributed by atoms with van der Waals surface area (Å²) in [6.45, 7) is 0. The van der Waals surface area contributed by atoms with Crippen LogP contribution >= 0.6 is 23.1 Å². The van der Waals surface area contributed by atoms with Crippen molar-refractivity contribution in [3.05, 3.63) is 35.3 Å². The van der Waals surface area contributed by atoms with Gasteiger partial charge in [-0.3, -0.25) is 9.59 Å². The van der Waals surface area contributed by atoms with E-state index in [9.17, 15) is 9.59 Å². The number of thioether (sulfide) groups is 1. The van der Waals surface area contributed by atoms with E-state index in [1.165, 1.54) is 55.2 Å². The molecule has 30 heavy (non-hydrogen) atoms. The Kier molecular flexibility index (Phi) is 9.01. The number of amides is 2. The van der Waals surface area contributed by atoms with Crippen LogP contribution in [0.5, 0.6) is 5.75 Å². The number of carbonyl (C=O) groups excluding carboxylic acids is 2. The second kappa shape index (κ2) is 12.0. The maximum absolute atomic E-state index is 12.2. The molecule has 2 aromatic rings. The highest BCUT2D eigenvalue weighted by atomic mass is 32.2. The van der Waals surface area contributed by atoms with Gasteiger partial charge in [0.15, 0.2) is 5.13 Å². The van der Waals surface area contributed by atoms with Crippen molar-refractivity contribution in [1.82, 2.24) is 4.98 Å². The molecule has 8 heteroatoms. The third kappa shape index (κ3) is 7.65. The maximum Gasteiger partial charge on any atom is 0.234 e. The van der Waals surface area contributed by atoms with Crippen molar-refractivity contribution in [1.29, 1.82) is 0 Å². The molecule has 1 aliphatic carbocycles. The number of aromatic nitrogens is 1. The van der Waals surface area contributed by atoms with Crippen LogP contribution in [-0.4, -0.2) is 29.7 Å². The molecule has 0 aliphatic heterocycles. The molecular weight excluding hydrogens is 418 g/mol. The number of methoxy groups -OCH3 is 1. The predicted octanol–water partition coefficient (Wildman–Crippen LogP) is 5.32. The first kappa shape index (κ1) is 22.6. The number of anilines is 2. The van der Waals surface area contributed by atoms with Crippen molar-refractivity contribution < 1.29 is 14.3 Å². The largest absolute Gasteiger partial charge is 0.497 e. The van der Waals surface area contributed by atoms with Crippen LogP contribution in [-0.2, 0) is 15.3 Å². The Morgan fingerprint density at radius 3 is 2.63 bits per heavy atom. The molecule has 2 N–H and O–H groups in total. The van der Waals surface area contributed by atoms with Crippen molar-refractivity contribution in [2.45, 2.75) is 50.7 Å². The highest BCUT2D eigenvalue weighted by Crippen LogP contribution is 2.27. The molecule has 0 unspecified atom stereocenters. The lowest BCUT2D eigenvalue weighted by molar-refractivity contribution is -0.116. The van der Waals surface area contributed by atoms with Gasteiger partial charge in [-0.25, -0.2) is 4.98 Å². The van der Waals surface area contributed by atoms with Crippen molar-refractivity contribution in [3.63, 3.8) is 0 Å². The zero-order valence-corrected chi connectivity index (χ0v) is 18.9. The summed E-state index contributed by atoms with van der Waals surface area (Å²) in [6, 6.07) is 7.24. The van der Waals surface area contributed by atoms with Crippen LogP contribution in [0.25, 0.3) is 0 Å². The Balaban J connectivity index is 1.33. The van der Waals surface area contributed by atoms with Crippen LogP contribution in [0.3, 0.4) is 0 Å². The first-order chi connectivity index (χ1) is 14.6. The number of hydrogen-bond acceptors (Lipinski definition) is 6. The van der Waals surface area contributed by atoms with Crippen molar-refractivity contribution in [2.24, 2.45) is 5.92 Å². The molecular formula is C22H29N3O3S2. The first-order valence-electron chi connectivity index (χ1n) is 10.4. The second-order valence-electron chi connectivity index (χ2n) is 7.50. The molecule has 6 nitrogen and oxygen atoms in total. The lowest BCUT2D eigenvalue weighted by Crippen LogP contribution is -2.15. The van der Waals surface area contributed by atoms with E-state index in [1.807, 2.05) is 29.6 Å². The minimum Gasteiger partial charge on any atom is -0.497 e. The fourth-order valence-electron chi connectivity index (χ4n) is 3.54. The number of nitrogens with one attached hydrogen (secondary N) is 2. The summed E-state index contributed by atoms with van der Waals surface area (Å²) in [5.74, 6) is 2.42. The van der Waals surface area contributed by atoms with Crippen LogP contribution in [0.1, 0.15) is 50.6 Å². The number of benzene rings is 1. The molecule has 1 saturated carbocycles. The SMILES string of the molecule is COc1ccc(NC(=O)CSCc2csc(NC(=O)CCC3CCCCC3)n2)cc1. The third-order valence-electron chi connectivity index (χ3n) is 5.16. The Morgan fingerprint density at radius 1 is 1.13 bits per heavy atom. The van der Waals surface area contributed by atoms with Crippen molar-refractivity contribution >= 4 is 45.7 Å². The molecule has 1 heterocycles. The zero-order valence-electron chi connectivity index (χ0n) is 17.3. The Hall–Kier alpha value is -2.06. The summed E-state index contributed by atoms with van der Waals surface area (Å²) >= 11 is 2.93. The molecule has 1 fully saturated rings. The predicted molar refractivity (Wildman–Crippen MR) is 124 cm³/mol. The molecule has 0 atom stereocenters. The summed E-state index contributed by atoms with van der Waals surface area (Å²) in [6.07, 6.45) is 8.01. The van der Waals surface area contributed by atoms with E-state index in [2.05, 4.69) is 15.6 Å². The average molecular weight is 448 g/mol. The van der Waals surface area contributed by atoms with Crippen LogP contribution in [0.4, 0.5) is 10.8 Å². The van der Waals surface area contributed by atoms with Gasteiger partial charge < -0.3 is 15.4 Å². The maximum atomic E-state index is 12.2. The molecule has 1 aromatic heterocycles. The zero-order chi connectivity index (χ0) is 21.2. The summed E-state index contributed by atoms with van der Waals surface area (Å²) in [5.41, 5.74) is 1.62. The summed E-state index contributed by atoms with van der Waals surface area (Å²) in [5, 5.41) is 8.35. The van der Waals surface area contributed by atoms with Crippen LogP contribution in [0.2, 0.25) is 0 Å². The molecule has 0 bridgehead atoms. The number of hydrogen-bond donors (Lipinski definition) is 2. The second-order valence-corrected chi connectivity index (χ2v) is 9.35. The summed E-state index contributed by atoms with van der Waals surface area (Å²) in [4.78, 5) is 28.7. The highest BCUT2D eigenvalue weighted by molar-refractivity contribution is 7.99. The molecule has 0 spiro atoms. The Bertz CT molecular complexity index is 817. The minimum atomic E-state index is -0.0587. The van der Waals surface area contributed by atoms with Crippen molar-refractivity contribution in [2.75, 3.05) is 23.5 Å². The first-order valence-corrected chi connectivity index (χ1v) is 12.4. The lowest BCUT2D eigenvalue weighted by atomic mass is 9.86. The van der Waals surface area contributed by atoms with E-state index in [-0.39, 0.29) is 11.8 Å². The summed E-state index contributed by atoms with van der Waals surface area (Å²) < 4.78 is 5.11. The van der Waals surface area contributed by atoms with Gasteiger partial charge in [0, 0.05) is 23.2 Å². The van der Waals surface area contributed by atoms with Crippen LogP contribution in [0, 0.1) is 5.92 Å². The van der Waals surface area contributed by atoms with E-state index >= 15 is 0 Å². The highest BCUT2D eigenvalue weighted by Gasteiger charge is 2.15. The number of carbonyl (C=O) groups is 2. The van der Waals surface area contributed by atoms with Crippen LogP contribution < -0.4 is 15.4 Å². The topological polar surface area (TPSA) is 80.3 Å². The molecule has 1 aromatic carbocycles. The van der Waals surface area contributed by atoms with Gasteiger partial charge in [0.25, 0.3) is 0 Å². The average Bonchev–Trinajstić information content (AvgIpc) is 3.20. The van der Waals surface area contributed by atoms with Gasteiger partial charge >= 0.3 is 0 Å². The number of ether oxygens (including phenoxy) is 1. The van der Waals surface area contributed by atoms with E-state index in [4.69, 9.17) is 4.74 Å². The molecule has 0 saturated heterocycles. The van der Waals surface area contributed by atoms with Gasteiger partial charge in [-0.2, -0.15) is 0 Å². The van der Waals surface area contributed by atoms with Crippen LogP contribution in [0.15, 0.2) is 29.6 Å². The monoisotopic (exact) mass is 447 g/mol. The number of thiazole rings is 1. The van der Waals surface area contributed by atoms with E-state index in [0.29, 0.717) is 29.0 Å². The van der Waals surface area contributed by atoms with Gasteiger partial charge in [0.05, 0.1) is 18.6 Å². The van der Waals surface area contributed by atoms with Gasteiger partial charge in [0.2, 0.25) is 11.8 Å². The molecule has 0 radical (unpaired) electrons. The smallest absolute Gasteiger partial charge is 0.234 e. The van der Waals surface area contributed by atoms with Crippen molar-refractivity contribution in [3.8, 4) is 5.75 Å². The molecule has 162 valence electrons. The normalized spacial score (nSPS) is 14.3. The number of nitrogens with zero attached hydrogens (tertiary/aromatic N) is 1. The standard InChI is InChI=1S/C22H29N3O3S2/c1-28-19-10-8-17(9-11-19)23-21(27)15-29-13-18-14-30-22(24-18)25-20(26)12-7-16-5-3-2-4-6-16/h8-11,14,16H,2-7,12-13,15H2,1H3,(H,23,27)(H,24,25,26). The van der Waals surface area contributed by atoms with Gasteiger partial charge in [0.1, 0.15) is 5.75 Å². The van der Waals surface area contributed by atoms with Gasteiger partial charge in [-0.15, -0.1) is 23.1 Å². The van der Waals surface area contributed by atoms with E-state index in [1.54, 1.807) is 7.11 Å². The van der Waals surface area contributed by atoms with Gasteiger partial charge in [-0.1, -0.05) is 32.1 Å². The Morgan fingerprint density at radius 2 is 1.90 bits per heavy atom. The molecule has 1 aliphatic rings. The Labute approximate surface area is 186 Å². The molecule has 3 rings (SSSR count). The molecule has 2 amide bonds. The van der Waals surface area contributed by atoms with E-state index in [0.717, 1.165) is 23.6 Å². The van der Waals surface area contributed by atoms with E-state index < -0.39 is 0 Å². The number of rotatable bonds is 10. The lowest BCUT2D eigenvalue weighted by Gasteiger charge is -2.20. The third-order valence-corrected chi connectivity index (χ3v) is 6.93. The fraction of sp³-hybridized carbons (Fsp3) is 0.500. The van der Waals surface area contributed by atoms with Gasteiger partial charge in [-0.05, 0) is 36.6 Å². The summed E-state index contributed by atoms with van der Waals surface area (Å²) in [7, 11) is 1.61. The quantitative estimate of drug-likeness (QED) is 0.515. The minimum absolute atomic E-state index is 0.0491. The fourth-order valence-corrected chi connectivity index (χ4v) is 5.09.